The zero-order chi connectivity index (χ0) is 20.4. The lowest BCUT2D eigenvalue weighted by molar-refractivity contribution is -0.131. The molecular weight excluding hydrogens is 372 g/mol. The summed E-state index contributed by atoms with van der Waals surface area (Å²) in [6.07, 6.45) is 4.54. The maximum Gasteiger partial charge on any atom is 0.325 e. The lowest BCUT2D eigenvalue weighted by atomic mass is 9.98. The van der Waals surface area contributed by atoms with Crippen molar-refractivity contribution < 1.29 is 19.2 Å². The summed E-state index contributed by atoms with van der Waals surface area (Å²) < 4.78 is 0. The fourth-order valence-corrected chi connectivity index (χ4v) is 4.52. The standard InChI is InChI=1S/C21H26N4O4/c26-17(14-24-13-8-15-6-1-2-7-16(15)18(24)27)22-11-5-12-25-19(28)21(23-20(25)29)9-3-4-10-21/h1-2,6-7H,3-5,8-14H2,(H,22,26)(H,23,29). The summed E-state index contributed by atoms with van der Waals surface area (Å²) in [5.74, 6) is -0.491. The van der Waals surface area contributed by atoms with Crippen LogP contribution in [0.1, 0.15) is 48.0 Å². The van der Waals surface area contributed by atoms with Gasteiger partial charge in [-0.15, -0.1) is 0 Å². The van der Waals surface area contributed by atoms with Crippen molar-refractivity contribution in [2.75, 3.05) is 26.2 Å². The van der Waals surface area contributed by atoms with Gasteiger partial charge in [0.05, 0.1) is 6.54 Å². The maximum atomic E-state index is 12.6. The lowest BCUT2D eigenvalue weighted by Crippen LogP contribution is -2.45. The number of carbonyl (C=O) groups excluding carboxylic acids is 4. The molecule has 29 heavy (non-hydrogen) atoms. The van der Waals surface area contributed by atoms with Crippen molar-refractivity contribution in [3.8, 4) is 0 Å². The third-order valence-corrected chi connectivity index (χ3v) is 6.10. The van der Waals surface area contributed by atoms with E-state index >= 15 is 0 Å². The highest BCUT2D eigenvalue weighted by atomic mass is 16.2. The van der Waals surface area contributed by atoms with Crippen LogP contribution < -0.4 is 10.6 Å². The second-order valence-electron chi connectivity index (χ2n) is 8.01. The molecule has 0 radical (unpaired) electrons. The van der Waals surface area contributed by atoms with Crippen molar-refractivity contribution >= 4 is 23.8 Å². The van der Waals surface area contributed by atoms with E-state index in [1.807, 2.05) is 18.2 Å². The highest BCUT2D eigenvalue weighted by molar-refractivity contribution is 6.07. The zero-order valence-corrected chi connectivity index (χ0v) is 16.4. The Hall–Kier alpha value is -2.90. The van der Waals surface area contributed by atoms with Gasteiger partial charge in [-0.2, -0.15) is 0 Å². The molecule has 1 saturated carbocycles. The molecule has 1 saturated heterocycles. The molecule has 1 aliphatic carbocycles. The Kier molecular flexibility index (Phi) is 5.25. The van der Waals surface area contributed by atoms with E-state index in [0.29, 0.717) is 37.9 Å². The van der Waals surface area contributed by atoms with Crippen LogP contribution in [0.5, 0.6) is 0 Å². The summed E-state index contributed by atoms with van der Waals surface area (Å²) in [7, 11) is 0. The summed E-state index contributed by atoms with van der Waals surface area (Å²) in [4.78, 5) is 52.3. The first-order valence-electron chi connectivity index (χ1n) is 10.3. The number of nitrogens with one attached hydrogen (secondary N) is 2. The van der Waals surface area contributed by atoms with Crippen molar-refractivity contribution in [3.05, 3.63) is 35.4 Å². The molecular formula is C21H26N4O4. The highest BCUT2D eigenvalue weighted by Crippen LogP contribution is 2.34. The largest absolute Gasteiger partial charge is 0.354 e. The van der Waals surface area contributed by atoms with Crippen molar-refractivity contribution in [1.82, 2.24) is 20.4 Å². The molecule has 2 heterocycles. The molecule has 0 atom stereocenters. The van der Waals surface area contributed by atoms with Crippen LogP contribution >= 0.6 is 0 Å². The fraction of sp³-hybridized carbons (Fsp3) is 0.524. The Morgan fingerprint density at radius 2 is 1.90 bits per heavy atom. The van der Waals surface area contributed by atoms with Gasteiger partial charge in [-0.25, -0.2) is 4.79 Å². The molecule has 1 aromatic rings. The second kappa shape index (κ2) is 7.85. The number of benzene rings is 1. The van der Waals surface area contributed by atoms with Gasteiger partial charge < -0.3 is 15.5 Å². The number of carbonyl (C=O) groups is 4. The number of fused-ring (bicyclic) bond motifs is 1. The number of nitrogens with zero attached hydrogens (tertiary/aromatic N) is 2. The van der Waals surface area contributed by atoms with E-state index in [1.165, 1.54) is 4.90 Å². The Morgan fingerprint density at radius 1 is 1.14 bits per heavy atom. The van der Waals surface area contributed by atoms with Crippen LogP contribution in [0.3, 0.4) is 0 Å². The molecule has 0 unspecified atom stereocenters. The third-order valence-electron chi connectivity index (χ3n) is 6.10. The minimum absolute atomic E-state index is 0.0133. The van der Waals surface area contributed by atoms with Crippen molar-refractivity contribution in [3.63, 3.8) is 0 Å². The molecule has 1 spiro atoms. The van der Waals surface area contributed by atoms with Gasteiger partial charge in [-0.1, -0.05) is 31.0 Å². The number of hydrogen-bond donors (Lipinski definition) is 2. The second-order valence-corrected chi connectivity index (χ2v) is 8.01. The Balaban J connectivity index is 1.22. The van der Waals surface area contributed by atoms with Gasteiger partial charge in [0.1, 0.15) is 5.54 Å². The summed E-state index contributed by atoms with van der Waals surface area (Å²) in [5.41, 5.74) is 0.985. The van der Waals surface area contributed by atoms with E-state index in [1.54, 1.807) is 11.0 Å². The van der Waals surface area contributed by atoms with Gasteiger partial charge in [0, 0.05) is 25.2 Å². The minimum atomic E-state index is -0.689. The van der Waals surface area contributed by atoms with Gasteiger partial charge in [0.15, 0.2) is 0 Å². The first-order chi connectivity index (χ1) is 14.0. The fourth-order valence-electron chi connectivity index (χ4n) is 4.52. The molecule has 154 valence electrons. The van der Waals surface area contributed by atoms with Gasteiger partial charge in [-0.05, 0) is 37.3 Å². The Bertz CT molecular complexity index is 847. The Labute approximate surface area is 169 Å². The molecule has 5 amide bonds. The normalized spacial score (nSPS) is 20.2. The van der Waals surface area contributed by atoms with Crippen LogP contribution in [0.25, 0.3) is 0 Å². The quantitative estimate of drug-likeness (QED) is 0.553. The molecule has 3 aliphatic rings. The molecule has 2 N–H and O–H groups in total. The molecule has 8 nitrogen and oxygen atoms in total. The highest BCUT2D eigenvalue weighted by Gasteiger charge is 2.51. The first-order valence-corrected chi connectivity index (χ1v) is 10.3. The van der Waals surface area contributed by atoms with Crippen LogP contribution in [-0.2, 0) is 16.0 Å². The van der Waals surface area contributed by atoms with Gasteiger partial charge in [0.25, 0.3) is 11.8 Å². The van der Waals surface area contributed by atoms with Crippen molar-refractivity contribution in [2.24, 2.45) is 0 Å². The van der Waals surface area contributed by atoms with Crippen molar-refractivity contribution in [1.29, 1.82) is 0 Å². The average Bonchev–Trinajstić information content (AvgIpc) is 3.27. The van der Waals surface area contributed by atoms with E-state index < -0.39 is 5.54 Å². The number of imide groups is 1. The predicted octanol–water partition coefficient (Wildman–Crippen LogP) is 1.06. The van der Waals surface area contributed by atoms with Crippen LogP contribution in [-0.4, -0.2) is 65.3 Å². The third kappa shape index (κ3) is 3.71. The van der Waals surface area contributed by atoms with E-state index in [0.717, 1.165) is 24.8 Å². The number of urea groups is 1. The summed E-state index contributed by atoms with van der Waals surface area (Å²) >= 11 is 0. The Morgan fingerprint density at radius 3 is 2.69 bits per heavy atom. The van der Waals surface area contributed by atoms with Gasteiger partial charge >= 0.3 is 6.03 Å². The van der Waals surface area contributed by atoms with Gasteiger partial charge in [-0.3, -0.25) is 19.3 Å². The predicted molar refractivity (Wildman–Crippen MR) is 105 cm³/mol. The molecule has 1 aromatic carbocycles. The van der Waals surface area contributed by atoms with Crippen LogP contribution in [0.4, 0.5) is 4.79 Å². The van der Waals surface area contributed by atoms with E-state index in [4.69, 9.17) is 0 Å². The molecule has 8 heteroatoms. The van der Waals surface area contributed by atoms with Crippen LogP contribution in [0.2, 0.25) is 0 Å². The average molecular weight is 398 g/mol. The van der Waals surface area contributed by atoms with E-state index in [9.17, 15) is 19.2 Å². The molecule has 4 rings (SSSR count). The van der Waals surface area contributed by atoms with Crippen LogP contribution in [0.15, 0.2) is 24.3 Å². The first kappa shape index (κ1) is 19.4. The summed E-state index contributed by atoms with van der Waals surface area (Å²) in [6, 6.07) is 7.13. The summed E-state index contributed by atoms with van der Waals surface area (Å²) in [5, 5.41) is 5.64. The SMILES string of the molecule is O=C(CN1CCc2ccccc2C1=O)NCCCN1C(=O)NC2(CCCC2)C1=O. The minimum Gasteiger partial charge on any atom is -0.354 e. The molecule has 2 aliphatic heterocycles. The lowest BCUT2D eigenvalue weighted by Gasteiger charge is -2.28. The van der Waals surface area contributed by atoms with Crippen LogP contribution in [0, 0.1) is 0 Å². The number of hydrogen-bond acceptors (Lipinski definition) is 4. The summed E-state index contributed by atoms with van der Waals surface area (Å²) in [6.45, 7) is 1.16. The number of rotatable bonds is 6. The zero-order valence-electron chi connectivity index (χ0n) is 16.4. The van der Waals surface area contributed by atoms with Gasteiger partial charge in [0.2, 0.25) is 5.91 Å². The number of amides is 5. The van der Waals surface area contributed by atoms with Crippen molar-refractivity contribution in [2.45, 2.75) is 44.1 Å². The van der Waals surface area contributed by atoms with E-state index in [2.05, 4.69) is 10.6 Å². The monoisotopic (exact) mass is 398 g/mol. The maximum absolute atomic E-state index is 12.6. The molecule has 0 bridgehead atoms. The van der Waals surface area contributed by atoms with E-state index in [-0.39, 0.29) is 36.8 Å². The molecule has 0 aromatic heterocycles. The topological polar surface area (TPSA) is 98.8 Å². The smallest absolute Gasteiger partial charge is 0.325 e. The molecule has 2 fully saturated rings.